The molecule has 1 amide bonds. The highest BCUT2D eigenvalue weighted by atomic mass is 31.0. The van der Waals surface area contributed by atoms with Crippen molar-refractivity contribution < 1.29 is 4.79 Å². The average molecular weight is 467 g/mol. The molecule has 1 saturated carbocycles. The Bertz CT molecular complexity index is 1130. The number of piperazine rings is 1. The normalized spacial score (nSPS) is 17.6. The number of amides is 1. The first-order valence-electron chi connectivity index (χ1n) is 11.6. The van der Waals surface area contributed by atoms with Crippen LogP contribution in [0, 0.1) is 0 Å². The summed E-state index contributed by atoms with van der Waals surface area (Å²) in [6.07, 6.45) is 8.18. The largest absolute Gasteiger partial charge is 0.368 e. The van der Waals surface area contributed by atoms with Crippen LogP contribution in [-0.4, -0.2) is 75.3 Å². The minimum absolute atomic E-state index is 0.00540. The van der Waals surface area contributed by atoms with Gasteiger partial charge in [0.1, 0.15) is 17.2 Å². The highest BCUT2D eigenvalue weighted by Gasteiger charge is 2.26. The van der Waals surface area contributed by atoms with Crippen molar-refractivity contribution in [1.29, 1.82) is 0 Å². The number of carbonyl (C=O) groups excluding carboxylic acids is 1. The molecule has 1 aliphatic carbocycles. The van der Waals surface area contributed by atoms with E-state index in [0.29, 0.717) is 23.5 Å². The van der Waals surface area contributed by atoms with Crippen LogP contribution in [0.3, 0.4) is 0 Å². The van der Waals surface area contributed by atoms with E-state index in [1.54, 1.807) is 25.2 Å². The maximum atomic E-state index is 12.9. The molecule has 3 aromatic heterocycles. The van der Waals surface area contributed by atoms with Crippen LogP contribution in [-0.2, 0) is 0 Å². The zero-order valence-electron chi connectivity index (χ0n) is 19.2. The minimum Gasteiger partial charge on any atom is -0.368 e. The molecule has 0 spiro atoms. The summed E-state index contributed by atoms with van der Waals surface area (Å²) in [4.78, 5) is 30.7. The van der Waals surface area contributed by atoms with Crippen molar-refractivity contribution in [3.8, 4) is 0 Å². The van der Waals surface area contributed by atoms with E-state index in [2.05, 4.69) is 44.9 Å². The molecule has 174 valence electrons. The SMILES string of the molecule is CN(C)C(=O)c1cc2cnc(Nc3ccc(N4CCN(P)CC4)cn3)nc2n1C1CCCC1. The van der Waals surface area contributed by atoms with Gasteiger partial charge in [-0.2, -0.15) is 4.98 Å². The molecule has 0 radical (unpaired) electrons. The lowest BCUT2D eigenvalue weighted by atomic mass is 10.2. The van der Waals surface area contributed by atoms with Crippen LogP contribution in [0.5, 0.6) is 0 Å². The van der Waals surface area contributed by atoms with Gasteiger partial charge in [-0.15, -0.1) is 0 Å². The second-order valence-corrected chi connectivity index (χ2v) is 9.79. The van der Waals surface area contributed by atoms with Crippen LogP contribution in [0.2, 0.25) is 0 Å². The van der Waals surface area contributed by atoms with E-state index in [1.807, 2.05) is 18.3 Å². The monoisotopic (exact) mass is 466 g/mol. The fraction of sp³-hybridized carbons (Fsp3) is 0.478. The Morgan fingerprint density at radius 3 is 2.52 bits per heavy atom. The topological polar surface area (TPSA) is 82.4 Å². The zero-order chi connectivity index (χ0) is 22.9. The Morgan fingerprint density at radius 1 is 1.09 bits per heavy atom. The molecule has 4 heterocycles. The standard InChI is InChI=1S/C23H31N8OP/c1-28(2)22(32)19-13-16-14-25-23(27-21(16)31(19)17-5-3-4-6-17)26-20-8-7-18(15-24-20)29-9-11-30(33)12-10-29/h7-8,13-15,17H,3-6,9-12,33H2,1-2H3,(H,24,25,26,27). The van der Waals surface area contributed by atoms with Crippen molar-refractivity contribution in [2.24, 2.45) is 0 Å². The number of pyridine rings is 1. The van der Waals surface area contributed by atoms with Crippen LogP contribution in [0.4, 0.5) is 17.5 Å². The number of nitrogens with one attached hydrogen (secondary N) is 1. The van der Waals surface area contributed by atoms with Gasteiger partial charge < -0.3 is 19.7 Å². The summed E-state index contributed by atoms with van der Waals surface area (Å²) in [6.45, 7) is 4.03. The Balaban J connectivity index is 1.41. The molecule has 1 saturated heterocycles. The minimum atomic E-state index is -0.00540. The average Bonchev–Trinajstić information content (AvgIpc) is 3.47. The van der Waals surface area contributed by atoms with Crippen molar-refractivity contribution in [3.63, 3.8) is 0 Å². The first-order valence-corrected chi connectivity index (χ1v) is 12.1. The molecule has 9 nitrogen and oxygen atoms in total. The lowest BCUT2D eigenvalue weighted by molar-refractivity contribution is 0.0815. The van der Waals surface area contributed by atoms with Crippen LogP contribution >= 0.6 is 9.39 Å². The molecule has 2 fully saturated rings. The van der Waals surface area contributed by atoms with Crippen LogP contribution in [0.15, 0.2) is 30.6 Å². The third-order valence-corrected chi connectivity index (χ3v) is 7.07. The van der Waals surface area contributed by atoms with Gasteiger partial charge in [-0.25, -0.2) is 9.97 Å². The van der Waals surface area contributed by atoms with Gasteiger partial charge in [-0.3, -0.25) is 9.46 Å². The number of hydrogen-bond acceptors (Lipinski definition) is 7. The van der Waals surface area contributed by atoms with Gasteiger partial charge in [0.15, 0.2) is 0 Å². The Labute approximate surface area is 196 Å². The van der Waals surface area contributed by atoms with Crippen molar-refractivity contribution in [2.75, 3.05) is 50.5 Å². The van der Waals surface area contributed by atoms with Gasteiger partial charge in [-0.05, 0) is 31.0 Å². The van der Waals surface area contributed by atoms with Crippen LogP contribution in [0.1, 0.15) is 42.2 Å². The number of fused-ring (bicyclic) bond motifs is 1. The van der Waals surface area contributed by atoms with E-state index in [9.17, 15) is 4.79 Å². The molecule has 0 bridgehead atoms. The first-order chi connectivity index (χ1) is 16.0. The van der Waals surface area contributed by atoms with E-state index in [1.165, 1.54) is 12.8 Å². The summed E-state index contributed by atoms with van der Waals surface area (Å²) in [5.41, 5.74) is 2.61. The molecule has 1 atom stereocenters. The number of hydrogen-bond donors (Lipinski definition) is 1. The summed E-state index contributed by atoms with van der Waals surface area (Å²) in [7, 11) is 6.34. The zero-order valence-corrected chi connectivity index (χ0v) is 20.4. The van der Waals surface area contributed by atoms with E-state index >= 15 is 0 Å². The first kappa shape index (κ1) is 22.0. The summed E-state index contributed by atoms with van der Waals surface area (Å²) in [6, 6.07) is 6.26. The van der Waals surface area contributed by atoms with Gasteiger partial charge in [-0.1, -0.05) is 22.2 Å². The molecule has 2 aliphatic rings. The quantitative estimate of drug-likeness (QED) is 0.578. The lowest BCUT2D eigenvalue weighted by Crippen LogP contribution is -2.42. The molecule has 1 unspecified atom stereocenters. The summed E-state index contributed by atoms with van der Waals surface area (Å²) < 4.78 is 4.38. The number of aromatic nitrogens is 4. The van der Waals surface area contributed by atoms with Gasteiger partial charge in [0, 0.05) is 57.9 Å². The van der Waals surface area contributed by atoms with E-state index in [-0.39, 0.29) is 5.91 Å². The molecule has 10 heteroatoms. The maximum Gasteiger partial charge on any atom is 0.270 e. The lowest BCUT2D eigenvalue weighted by Gasteiger charge is -2.33. The van der Waals surface area contributed by atoms with Crippen LogP contribution in [0.25, 0.3) is 11.0 Å². The number of anilines is 3. The van der Waals surface area contributed by atoms with Gasteiger partial charge in [0.05, 0.1) is 11.9 Å². The Kier molecular flexibility index (Phi) is 6.17. The molecule has 0 aromatic carbocycles. The predicted molar refractivity (Wildman–Crippen MR) is 134 cm³/mol. The van der Waals surface area contributed by atoms with Crippen molar-refractivity contribution in [1.82, 2.24) is 29.1 Å². The highest BCUT2D eigenvalue weighted by molar-refractivity contribution is 7.13. The third-order valence-electron chi connectivity index (χ3n) is 6.56. The second kappa shape index (κ2) is 9.23. The summed E-state index contributed by atoms with van der Waals surface area (Å²) >= 11 is 0. The van der Waals surface area contributed by atoms with Gasteiger partial charge in [0.25, 0.3) is 5.91 Å². The van der Waals surface area contributed by atoms with E-state index < -0.39 is 0 Å². The van der Waals surface area contributed by atoms with Crippen molar-refractivity contribution >= 4 is 43.8 Å². The molecule has 1 N–H and O–H groups in total. The fourth-order valence-corrected chi connectivity index (χ4v) is 4.97. The van der Waals surface area contributed by atoms with E-state index in [0.717, 1.165) is 55.7 Å². The molecule has 3 aromatic rings. The molecule has 1 aliphatic heterocycles. The molecular weight excluding hydrogens is 435 g/mol. The number of rotatable bonds is 5. The second-order valence-electron chi connectivity index (χ2n) is 9.06. The molecule has 5 rings (SSSR count). The highest BCUT2D eigenvalue weighted by Crippen LogP contribution is 2.35. The summed E-state index contributed by atoms with van der Waals surface area (Å²) in [5.74, 6) is 1.18. The Hall–Kier alpha value is -2.77. The van der Waals surface area contributed by atoms with Gasteiger partial charge in [0.2, 0.25) is 5.95 Å². The van der Waals surface area contributed by atoms with E-state index in [4.69, 9.17) is 4.98 Å². The summed E-state index contributed by atoms with van der Waals surface area (Å²) in [5, 5.41) is 4.12. The smallest absolute Gasteiger partial charge is 0.270 e. The third kappa shape index (κ3) is 4.52. The molecule has 33 heavy (non-hydrogen) atoms. The van der Waals surface area contributed by atoms with Gasteiger partial charge >= 0.3 is 0 Å². The number of carbonyl (C=O) groups is 1. The molecular formula is C23H31N8OP. The maximum absolute atomic E-state index is 12.9. The predicted octanol–water partition coefficient (Wildman–Crippen LogP) is 3.30. The van der Waals surface area contributed by atoms with Crippen molar-refractivity contribution in [3.05, 3.63) is 36.3 Å². The van der Waals surface area contributed by atoms with Crippen molar-refractivity contribution in [2.45, 2.75) is 31.7 Å². The Morgan fingerprint density at radius 2 is 1.85 bits per heavy atom. The van der Waals surface area contributed by atoms with Crippen LogP contribution < -0.4 is 10.2 Å². The number of nitrogens with zero attached hydrogens (tertiary/aromatic N) is 7. The fourth-order valence-electron chi connectivity index (χ4n) is 4.74.